The zero-order valence-corrected chi connectivity index (χ0v) is 10.2. The standard InChI is InChI=1S/C12H21N3O/c1-3-15-6-4-10(5-7-15)12-8-11(9-16)14(2)13-12/h8,10,16H,3-7,9H2,1-2H3. The van der Waals surface area contributed by atoms with Gasteiger partial charge in [-0.1, -0.05) is 6.92 Å². The summed E-state index contributed by atoms with van der Waals surface area (Å²) in [6, 6.07) is 2.05. The summed E-state index contributed by atoms with van der Waals surface area (Å²) in [7, 11) is 1.90. The molecule has 0 atom stereocenters. The lowest BCUT2D eigenvalue weighted by Gasteiger charge is -2.30. The molecular formula is C12H21N3O. The van der Waals surface area contributed by atoms with Gasteiger partial charge in [0.15, 0.2) is 0 Å². The van der Waals surface area contributed by atoms with Crippen LogP contribution in [0.3, 0.4) is 0 Å². The topological polar surface area (TPSA) is 41.3 Å². The van der Waals surface area contributed by atoms with Crippen LogP contribution < -0.4 is 0 Å². The van der Waals surface area contributed by atoms with E-state index in [0.717, 1.165) is 17.9 Å². The lowest BCUT2D eigenvalue weighted by molar-refractivity contribution is 0.220. The number of aryl methyl sites for hydroxylation is 1. The van der Waals surface area contributed by atoms with E-state index in [0.29, 0.717) is 5.92 Å². The smallest absolute Gasteiger partial charge is 0.0849 e. The van der Waals surface area contributed by atoms with Crippen LogP contribution in [0.25, 0.3) is 0 Å². The summed E-state index contributed by atoms with van der Waals surface area (Å²) >= 11 is 0. The largest absolute Gasteiger partial charge is 0.390 e. The van der Waals surface area contributed by atoms with Crippen molar-refractivity contribution in [2.24, 2.45) is 7.05 Å². The van der Waals surface area contributed by atoms with Crippen molar-refractivity contribution in [3.63, 3.8) is 0 Å². The summed E-state index contributed by atoms with van der Waals surface area (Å²) in [5, 5.41) is 13.6. The van der Waals surface area contributed by atoms with Crippen LogP contribution in [0.1, 0.15) is 37.1 Å². The first kappa shape index (κ1) is 11.6. The van der Waals surface area contributed by atoms with E-state index < -0.39 is 0 Å². The average molecular weight is 223 g/mol. The molecule has 0 radical (unpaired) electrons. The molecule has 1 N–H and O–H groups in total. The van der Waals surface area contributed by atoms with Gasteiger partial charge in [-0.05, 0) is 38.5 Å². The van der Waals surface area contributed by atoms with E-state index >= 15 is 0 Å². The van der Waals surface area contributed by atoms with Crippen molar-refractivity contribution in [3.05, 3.63) is 17.5 Å². The van der Waals surface area contributed by atoms with E-state index in [2.05, 4.69) is 16.9 Å². The summed E-state index contributed by atoms with van der Waals surface area (Å²) in [5.41, 5.74) is 2.07. The summed E-state index contributed by atoms with van der Waals surface area (Å²) in [6.07, 6.45) is 2.38. The van der Waals surface area contributed by atoms with Gasteiger partial charge in [-0.25, -0.2) is 0 Å². The molecule has 1 aromatic rings. The molecule has 2 heterocycles. The van der Waals surface area contributed by atoms with E-state index in [-0.39, 0.29) is 6.61 Å². The zero-order valence-electron chi connectivity index (χ0n) is 10.2. The fraction of sp³-hybridized carbons (Fsp3) is 0.750. The Kier molecular flexibility index (Phi) is 3.61. The van der Waals surface area contributed by atoms with E-state index in [4.69, 9.17) is 5.11 Å². The highest BCUT2D eigenvalue weighted by Gasteiger charge is 2.22. The van der Waals surface area contributed by atoms with Crippen LogP contribution in [0, 0.1) is 0 Å². The Hall–Kier alpha value is -0.870. The Morgan fingerprint density at radius 2 is 2.12 bits per heavy atom. The number of nitrogens with zero attached hydrogens (tertiary/aromatic N) is 3. The van der Waals surface area contributed by atoms with Crippen LogP contribution in [0.15, 0.2) is 6.07 Å². The van der Waals surface area contributed by atoms with Crippen LogP contribution in [0.2, 0.25) is 0 Å². The number of hydrogen-bond donors (Lipinski definition) is 1. The highest BCUT2D eigenvalue weighted by Crippen LogP contribution is 2.27. The Balaban J connectivity index is 2.02. The first-order chi connectivity index (χ1) is 7.74. The molecule has 1 saturated heterocycles. The van der Waals surface area contributed by atoms with Crippen LogP contribution in [0.4, 0.5) is 0 Å². The maximum atomic E-state index is 9.14. The van der Waals surface area contributed by atoms with Crippen LogP contribution in [-0.2, 0) is 13.7 Å². The number of rotatable bonds is 3. The summed E-state index contributed by atoms with van der Waals surface area (Å²) in [5.74, 6) is 0.578. The maximum absolute atomic E-state index is 9.14. The van der Waals surface area contributed by atoms with E-state index in [9.17, 15) is 0 Å². The molecule has 0 amide bonds. The second-order valence-corrected chi connectivity index (χ2v) is 4.55. The first-order valence-electron chi connectivity index (χ1n) is 6.10. The van der Waals surface area contributed by atoms with Crippen LogP contribution in [0.5, 0.6) is 0 Å². The number of piperidine rings is 1. The third-order valence-corrected chi connectivity index (χ3v) is 3.61. The molecule has 1 fully saturated rings. The monoisotopic (exact) mass is 223 g/mol. The molecule has 4 nitrogen and oxygen atoms in total. The maximum Gasteiger partial charge on any atom is 0.0849 e. The lowest BCUT2D eigenvalue weighted by atomic mass is 9.93. The van der Waals surface area contributed by atoms with Gasteiger partial charge in [0.1, 0.15) is 0 Å². The molecule has 0 aromatic carbocycles. The van der Waals surface area contributed by atoms with Gasteiger partial charge in [-0.15, -0.1) is 0 Å². The molecule has 0 bridgehead atoms. The molecule has 16 heavy (non-hydrogen) atoms. The molecule has 1 aromatic heterocycles. The molecule has 90 valence electrons. The average Bonchev–Trinajstić information content (AvgIpc) is 2.71. The fourth-order valence-electron chi connectivity index (χ4n) is 2.42. The Labute approximate surface area is 96.9 Å². The van der Waals surface area contributed by atoms with Crippen molar-refractivity contribution in [2.45, 2.75) is 32.3 Å². The highest BCUT2D eigenvalue weighted by atomic mass is 16.3. The third kappa shape index (κ3) is 2.28. The van der Waals surface area contributed by atoms with Crippen molar-refractivity contribution in [3.8, 4) is 0 Å². The number of aliphatic hydroxyl groups excluding tert-OH is 1. The van der Waals surface area contributed by atoms with E-state index in [1.165, 1.54) is 25.9 Å². The molecule has 0 saturated carbocycles. The van der Waals surface area contributed by atoms with Gasteiger partial charge in [0, 0.05) is 13.0 Å². The predicted octanol–water partition coefficient (Wildman–Crippen LogP) is 1.11. The van der Waals surface area contributed by atoms with Gasteiger partial charge in [0.25, 0.3) is 0 Å². The predicted molar refractivity (Wildman–Crippen MR) is 63.2 cm³/mol. The fourth-order valence-corrected chi connectivity index (χ4v) is 2.42. The van der Waals surface area contributed by atoms with E-state index in [1.807, 2.05) is 13.1 Å². The number of aromatic nitrogens is 2. The van der Waals surface area contributed by atoms with E-state index in [1.54, 1.807) is 4.68 Å². The molecule has 0 aliphatic carbocycles. The minimum atomic E-state index is 0.0807. The zero-order chi connectivity index (χ0) is 11.5. The highest BCUT2D eigenvalue weighted by molar-refractivity contribution is 5.14. The quantitative estimate of drug-likeness (QED) is 0.834. The first-order valence-corrected chi connectivity index (χ1v) is 6.10. The summed E-state index contributed by atoms with van der Waals surface area (Å²) in [6.45, 7) is 5.79. The lowest BCUT2D eigenvalue weighted by Crippen LogP contribution is -2.32. The molecule has 4 heteroatoms. The van der Waals surface area contributed by atoms with Crippen molar-refractivity contribution >= 4 is 0 Å². The van der Waals surface area contributed by atoms with Crippen molar-refractivity contribution in [2.75, 3.05) is 19.6 Å². The third-order valence-electron chi connectivity index (χ3n) is 3.61. The minimum Gasteiger partial charge on any atom is -0.390 e. The normalized spacial score (nSPS) is 19.2. The summed E-state index contributed by atoms with van der Waals surface area (Å²) < 4.78 is 1.79. The van der Waals surface area contributed by atoms with Gasteiger partial charge in [-0.2, -0.15) is 5.10 Å². The Bertz CT molecular complexity index is 340. The molecule has 1 aliphatic rings. The molecular weight excluding hydrogens is 202 g/mol. The van der Waals surface area contributed by atoms with Gasteiger partial charge >= 0.3 is 0 Å². The van der Waals surface area contributed by atoms with Crippen LogP contribution >= 0.6 is 0 Å². The Morgan fingerprint density at radius 3 is 2.62 bits per heavy atom. The molecule has 0 spiro atoms. The second-order valence-electron chi connectivity index (χ2n) is 4.55. The van der Waals surface area contributed by atoms with Gasteiger partial charge in [0.2, 0.25) is 0 Å². The van der Waals surface area contributed by atoms with Crippen molar-refractivity contribution in [1.82, 2.24) is 14.7 Å². The molecule has 1 aliphatic heterocycles. The van der Waals surface area contributed by atoms with Crippen LogP contribution in [-0.4, -0.2) is 39.4 Å². The molecule has 2 rings (SSSR count). The van der Waals surface area contributed by atoms with Gasteiger partial charge in [-0.3, -0.25) is 4.68 Å². The summed E-state index contributed by atoms with van der Waals surface area (Å²) in [4.78, 5) is 2.48. The van der Waals surface area contributed by atoms with Crippen molar-refractivity contribution in [1.29, 1.82) is 0 Å². The van der Waals surface area contributed by atoms with Crippen molar-refractivity contribution < 1.29 is 5.11 Å². The van der Waals surface area contributed by atoms with Gasteiger partial charge in [0.05, 0.1) is 18.0 Å². The number of likely N-dealkylation sites (tertiary alicyclic amines) is 1. The SMILES string of the molecule is CCN1CCC(c2cc(CO)n(C)n2)CC1. The number of aliphatic hydroxyl groups is 1. The minimum absolute atomic E-state index is 0.0807. The number of hydrogen-bond acceptors (Lipinski definition) is 3. The Morgan fingerprint density at radius 1 is 1.44 bits per heavy atom. The molecule has 0 unspecified atom stereocenters. The van der Waals surface area contributed by atoms with Gasteiger partial charge < -0.3 is 10.0 Å². The second kappa shape index (κ2) is 4.97.